The number of pyridine rings is 1. The lowest BCUT2D eigenvalue weighted by atomic mass is 10.3. The minimum Gasteiger partial charge on any atom is -0.462 e. The number of halogens is 3. The predicted octanol–water partition coefficient (Wildman–Crippen LogP) is 3.95. The van der Waals surface area contributed by atoms with Crippen LogP contribution in [0.4, 0.5) is 0 Å². The number of rotatable bonds is 4. The van der Waals surface area contributed by atoms with Crippen molar-refractivity contribution in [2.45, 2.75) is 19.8 Å². The van der Waals surface area contributed by atoms with Crippen molar-refractivity contribution in [2.75, 3.05) is 6.61 Å². The van der Waals surface area contributed by atoms with Gasteiger partial charge in [0, 0.05) is 6.20 Å². The van der Waals surface area contributed by atoms with Gasteiger partial charge in [-0.05, 0) is 29.0 Å². The summed E-state index contributed by atoms with van der Waals surface area (Å²) in [7, 11) is 0. The van der Waals surface area contributed by atoms with Crippen LogP contribution in [-0.2, 0) is 4.74 Å². The van der Waals surface area contributed by atoms with Gasteiger partial charge in [-0.15, -0.1) is 0 Å². The molecule has 1 aromatic rings. The summed E-state index contributed by atoms with van der Waals surface area (Å²) in [5.41, 5.74) is 0.145. The van der Waals surface area contributed by atoms with Gasteiger partial charge in [-0.2, -0.15) is 0 Å². The number of hydrogen-bond donors (Lipinski definition) is 0. The molecular weight excluding hydrogens is 364 g/mol. The summed E-state index contributed by atoms with van der Waals surface area (Å²) < 4.78 is 5.71. The highest BCUT2D eigenvalue weighted by Gasteiger charge is 2.19. The highest BCUT2D eigenvalue weighted by atomic mass is 127. The zero-order valence-electron chi connectivity index (χ0n) is 8.60. The van der Waals surface area contributed by atoms with Crippen molar-refractivity contribution < 1.29 is 9.53 Å². The molecular formula is C10H10Cl2INO2. The SMILES string of the molecule is CCCCOC(=O)c1c(Cl)ncc(I)c1Cl. The van der Waals surface area contributed by atoms with E-state index in [-0.39, 0.29) is 10.7 Å². The number of ether oxygens (including phenoxy) is 1. The van der Waals surface area contributed by atoms with E-state index in [2.05, 4.69) is 4.98 Å². The van der Waals surface area contributed by atoms with E-state index in [0.717, 1.165) is 12.8 Å². The lowest BCUT2D eigenvalue weighted by molar-refractivity contribution is 0.0499. The molecule has 0 aliphatic rings. The van der Waals surface area contributed by atoms with Gasteiger partial charge < -0.3 is 4.74 Å². The Morgan fingerprint density at radius 2 is 2.25 bits per heavy atom. The second-order valence-electron chi connectivity index (χ2n) is 3.08. The number of nitrogens with zero attached hydrogens (tertiary/aromatic N) is 1. The second-order valence-corrected chi connectivity index (χ2v) is 4.97. The first-order valence-electron chi connectivity index (χ1n) is 4.74. The van der Waals surface area contributed by atoms with Gasteiger partial charge >= 0.3 is 5.97 Å². The van der Waals surface area contributed by atoms with E-state index in [0.29, 0.717) is 15.2 Å². The lowest BCUT2D eigenvalue weighted by Gasteiger charge is -2.07. The molecule has 0 aliphatic carbocycles. The van der Waals surface area contributed by atoms with Crippen molar-refractivity contribution in [2.24, 2.45) is 0 Å². The van der Waals surface area contributed by atoms with Crippen molar-refractivity contribution >= 4 is 51.8 Å². The summed E-state index contributed by atoms with van der Waals surface area (Å²) >= 11 is 13.8. The number of unbranched alkanes of at least 4 members (excludes halogenated alkanes) is 1. The van der Waals surface area contributed by atoms with Crippen LogP contribution in [0.1, 0.15) is 30.1 Å². The molecule has 0 saturated carbocycles. The molecule has 88 valence electrons. The summed E-state index contributed by atoms with van der Waals surface area (Å²) in [5.74, 6) is -0.519. The van der Waals surface area contributed by atoms with Gasteiger partial charge in [0.05, 0.1) is 15.2 Å². The summed E-state index contributed by atoms with van der Waals surface area (Å²) in [6.45, 7) is 2.38. The number of hydrogen-bond acceptors (Lipinski definition) is 3. The molecule has 0 radical (unpaired) electrons. The van der Waals surface area contributed by atoms with Crippen molar-refractivity contribution in [1.29, 1.82) is 0 Å². The molecule has 0 N–H and O–H groups in total. The third kappa shape index (κ3) is 3.46. The number of carbonyl (C=O) groups excluding carboxylic acids is 1. The average molecular weight is 374 g/mol. The maximum atomic E-state index is 11.7. The van der Waals surface area contributed by atoms with E-state index in [1.165, 1.54) is 6.20 Å². The Morgan fingerprint density at radius 1 is 1.56 bits per heavy atom. The molecule has 0 fully saturated rings. The fraction of sp³-hybridized carbons (Fsp3) is 0.400. The molecule has 0 amide bonds. The monoisotopic (exact) mass is 373 g/mol. The fourth-order valence-corrected chi connectivity index (χ4v) is 1.89. The average Bonchev–Trinajstić information content (AvgIpc) is 2.24. The molecule has 1 heterocycles. The molecule has 0 atom stereocenters. The molecule has 1 aromatic heterocycles. The largest absolute Gasteiger partial charge is 0.462 e. The van der Waals surface area contributed by atoms with Crippen LogP contribution in [0, 0.1) is 3.57 Å². The van der Waals surface area contributed by atoms with E-state index < -0.39 is 5.97 Å². The first kappa shape index (κ1) is 14.0. The molecule has 3 nitrogen and oxygen atoms in total. The Labute approximate surface area is 118 Å². The summed E-state index contributed by atoms with van der Waals surface area (Å²) in [6, 6.07) is 0. The van der Waals surface area contributed by atoms with Crippen LogP contribution in [0.25, 0.3) is 0 Å². The third-order valence-electron chi connectivity index (χ3n) is 1.86. The number of esters is 1. The van der Waals surface area contributed by atoms with E-state index in [1.807, 2.05) is 29.5 Å². The first-order valence-corrected chi connectivity index (χ1v) is 6.58. The highest BCUT2D eigenvalue weighted by molar-refractivity contribution is 14.1. The van der Waals surface area contributed by atoms with Gasteiger partial charge in [-0.25, -0.2) is 9.78 Å². The zero-order chi connectivity index (χ0) is 12.1. The van der Waals surface area contributed by atoms with E-state index in [9.17, 15) is 4.79 Å². The predicted molar refractivity (Wildman–Crippen MR) is 72.2 cm³/mol. The van der Waals surface area contributed by atoms with Gasteiger partial charge in [-0.1, -0.05) is 36.5 Å². The minimum absolute atomic E-state index is 0.0758. The van der Waals surface area contributed by atoms with Gasteiger partial charge in [0.1, 0.15) is 10.7 Å². The molecule has 16 heavy (non-hydrogen) atoms. The Hall–Kier alpha value is -0.0700. The van der Waals surface area contributed by atoms with Gasteiger partial charge in [0.25, 0.3) is 0 Å². The Kier molecular flexibility index (Phi) is 5.78. The van der Waals surface area contributed by atoms with Crippen LogP contribution in [0.5, 0.6) is 0 Å². The minimum atomic E-state index is -0.519. The lowest BCUT2D eigenvalue weighted by Crippen LogP contribution is -2.09. The smallest absolute Gasteiger partial charge is 0.342 e. The quantitative estimate of drug-likeness (QED) is 0.347. The van der Waals surface area contributed by atoms with E-state index in [1.54, 1.807) is 0 Å². The molecule has 0 aromatic carbocycles. The highest BCUT2D eigenvalue weighted by Crippen LogP contribution is 2.27. The Morgan fingerprint density at radius 3 is 2.88 bits per heavy atom. The standard InChI is InChI=1S/C10H10Cl2INO2/c1-2-3-4-16-10(15)7-8(11)6(13)5-14-9(7)12/h5H,2-4H2,1H3. The van der Waals surface area contributed by atoms with Crippen LogP contribution >= 0.6 is 45.8 Å². The van der Waals surface area contributed by atoms with E-state index >= 15 is 0 Å². The molecule has 0 aliphatic heterocycles. The van der Waals surface area contributed by atoms with Crippen LogP contribution in [-0.4, -0.2) is 17.6 Å². The maximum absolute atomic E-state index is 11.7. The van der Waals surface area contributed by atoms with Crippen LogP contribution in [0.15, 0.2) is 6.20 Å². The maximum Gasteiger partial charge on any atom is 0.342 e. The van der Waals surface area contributed by atoms with Gasteiger partial charge in [0.2, 0.25) is 0 Å². The normalized spacial score (nSPS) is 10.2. The molecule has 0 saturated heterocycles. The van der Waals surface area contributed by atoms with Crippen LogP contribution in [0.2, 0.25) is 10.2 Å². The van der Waals surface area contributed by atoms with Gasteiger partial charge in [0.15, 0.2) is 0 Å². The number of aromatic nitrogens is 1. The second kappa shape index (κ2) is 6.61. The molecule has 0 spiro atoms. The molecule has 0 bridgehead atoms. The van der Waals surface area contributed by atoms with Crippen LogP contribution < -0.4 is 0 Å². The van der Waals surface area contributed by atoms with Crippen molar-refractivity contribution in [3.05, 3.63) is 25.5 Å². The first-order chi connectivity index (χ1) is 7.57. The molecule has 6 heteroatoms. The topological polar surface area (TPSA) is 39.2 Å². The zero-order valence-corrected chi connectivity index (χ0v) is 12.3. The van der Waals surface area contributed by atoms with Crippen molar-refractivity contribution in [1.82, 2.24) is 4.98 Å². The fourth-order valence-electron chi connectivity index (χ4n) is 1.000. The summed E-state index contributed by atoms with van der Waals surface area (Å²) in [4.78, 5) is 15.5. The Balaban J connectivity index is 2.86. The van der Waals surface area contributed by atoms with Crippen molar-refractivity contribution in [3.63, 3.8) is 0 Å². The number of carbonyl (C=O) groups is 1. The third-order valence-corrected chi connectivity index (χ3v) is 3.68. The Bertz CT molecular complexity index is 399. The van der Waals surface area contributed by atoms with Gasteiger partial charge in [-0.3, -0.25) is 0 Å². The molecule has 0 unspecified atom stereocenters. The molecule has 1 rings (SSSR count). The van der Waals surface area contributed by atoms with Crippen LogP contribution in [0.3, 0.4) is 0 Å². The summed E-state index contributed by atoms with van der Waals surface area (Å²) in [5, 5.41) is 0.369. The van der Waals surface area contributed by atoms with E-state index in [4.69, 9.17) is 27.9 Å². The summed E-state index contributed by atoms with van der Waals surface area (Å²) in [6.07, 6.45) is 3.28. The van der Waals surface area contributed by atoms with Crippen molar-refractivity contribution in [3.8, 4) is 0 Å².